The van der Waals surface area contributed by atoms with E-state index in [1.165, 1.54) is 6.07 Å². The molecule has 4 N–H and O–H groups in total. The Hall–Kier alpha value is -1.87. The third-order valence-electron chi connectivity index (χ3n) is 4.13. The number of benzene rings is 1. The first-order valence-electron chi connectivity index (χ1n) is 6.90. The molecule has 0 saturated carbocycles. The number of carbonyl (C=O) groups excluding carboxylic acids is 1. The van der Waals surface area contributed by atoms with Crippen LogP contribution in [0.5, 0.6) is 5.75 Å². The summed E-state index contributed by atoms with van der Waals surface area (Å²) in [7, 11) is -4.17. The van der Waals surface area contributed by atoms with Crippen LogP contribution in [0.2, 0.25) is 0 Å². The average molecular weight is 329 g/mol. The molecule has 1 fully saturated rings. The molecule has 1 aliphatic carbocycles. The average Bonchev–Trinajstić information content (AvgIpc) is 2.71. The second kappa shape index (κ2) is 5.10. The normalized spacial score (nSPS) is 23.3. The summed E-state index contributed by atoms with van der Waals surface area (Å²) in [5.74, 6) is -1.93. The number of phenolic OH excluding ortho intramolecular Hbond substituents is 1. The Kier molecular flexibility index (Phi) is 3.48. The number of nitrogens with zero attached hydrogens (tertiary/aromatic N) is 1. The van der Waals surface area contributed by atoms with Crippen LogP contribution in [-0.2, 0) is 27.8 Å². The molecule has 3 rings (SSSR count). The van der Waals surface area contributed by atoms with E-state index in [1.807, 2.05) is 0 Å². The number of nitrogens with one attached hydrogen (secondary N) is 1. The first kappa shape index (κ1) is 15.0. The molecular formula is C13H16FN3O4S. The van der Waals surface area contributed by atoms with Crippen LogP contribution in [0.1, 0.15) is 17.5 Å². The van der Waals surface area contributed by atoms with E-state index in [0.717, 1.165) is 6.42 Å². The lowest BCUT2D eigenvalue weighted by Crippen LogP contribution is -2.31. The molecule has 1 aliphatic heterocycles. The van der Waals surface area contributed by atoms with E-state index in [4.69, 9.17) is 5.73 Å². The Labute approximate surface area is 127 Å². The maximum absolute atomic E-state index is 14.8. The molecule has 0 unspecified atom stereocenters. The smallest absolute Gasteiger partial charge is 0.326 e. The fourth-order valence-electron chi connectivity index (χ4n) is 3.00. The van der Waals surface area contributed by atoms with Crippen molar-refractivity contribution < 1.29 is 22.7 Å². The molecule has 1 aromatic carbocycles. The SMILES string of the molecule is NC[C@H]1CCc2cc(O)c(N3CC(=O)NS3(=O)=O)c(F)c2C1. The van der Waals surface area contributed by atoms with Gasteiger partial charge >= 0.3 is 10.2 Å². The lowest BCUT2D eigenvalue weighted by Gasteiger charge is -2.27. The zero-order valence-corrected chi connectivity index (χ0v) is 12.5. The minimum atomic E-state index is -4.17. The first-order valence-corrected chi connectivity index (χ1v) is 8.34. The van der Waals surface area contributed by atoms with E-state index in [-0.39, 0.29) is 5.92 Å². The van der Waals surface area contributed by atoms with E-state index < -0.39 is 39.9 Å². The summed E-state index contributed by atoms with van der Waals surface area (Å²) >= 11 is 0. The van der Waals surface area contributed by atoms with Crippen molar-refractivity contribution in [2.45, 2.75) is 19.3 Å². The van der Waals surface area contributed by atoms with Crippen molar-refractivity contribution in [1.29, 1.82) is 0 Å². The fraction of sp³-hybridized carbons (Fsp3) is 0.462. The van der Waals surface area contributed by atoms with Crippen molar-refractivity contribution in [2.24, 2.45) is 11.7 Å². The number of hydrogen-bond acceptors (Lipinski definition) is 5. The van der Waals surface area contributed by atoms with Crippen LogP contribution >= 0.6 is 0 Å². The topological polar surface area (TPSA) is 113 Å². The maximum Gasteiger partial charge on any atom is 0.326 e. The zero-order chi connectivity index (χ0) is 16.1. The van der Waals surface area contributed by atoms with E-state index in [9.17, 15) is 22.7 Å². The number of aromatic hydroxyl groups is 1. The van der Waals surface area contributed by atoms with Gasteiger partial charge in [-0.15, -0.1) is 0 Å². The monoisotopic (exact) mass is 329 g/mol. The van der Waals surface area contributed by atoms with E-state index in [1.54, 1.807) is 4.72 Å². The molecule has 1 amide bonds. The molecule has 2 aliphatic rings. The van der Waals surface area contributed by atoms with Crippen molar-refractivity contribution in [3.8, 4) is 5.75 Å². The van der Waals surface area contributed by atoms with Crippen LogP contribution in [0.25, 0.3) is 0 Å². The second-order valence-corrected chi connectivity index (χ2v) is 7.17. The van der Waals surface area contributed by atoms with Gasteiger partial charge in [0.05, 0.1) is 0 Å². The highest BCUT2D eigenvalue weighted by atomic mass is 32.2. The number of nitrogens with two attached hydrogens (primary N) is 1. The van der Waals surface area contributed by atoms with Gasteiger partial charge in [0.1, 0.15) is 18.0 Å². The summed E-state index contributed by atoms with van der Waals surface area (Å²) in [4.78, 5) is 11.3. The van der Waals surface area contributed by atoms with Crippen molar-refractivity contribution >= 4 is 21.8 Å². The lowest BCUT2D eigenvalue weighted by molar-refractivity contribution is -0.117. The number of fused-ring (bicyclic) bond motifs is 1. The maximum atomic E-state index is 14.8. The molecule has 1 saturated heterocycles. The molecule has 120 valence electrons. The van der Waals surface area contributed by atoms with E-state index in [2.05, 4.69) is 0 Å². The minimum absolute atomic E-state index is 0.120. The van der Waals surface area contributed by atoms with Crippen LogP contribution in [0.4, 0.5) is 10.1 Å². The summed E-state index contributed by atoms with van der Waals surface area (Å²) in [6, 6.07) is 1.37. The molecule has 0 bridgehead atoms. The van der Waals surface area contributed by atoms with Gasteiger partial charge in [0.15, 0.2) is 5.82 Å². The van der Waals surface area contributed by atoms with Gasteiger partial charge in [-0.2, -0.15) is 8.42 Å². The Morgan fingerprint density at radius 1 is 1.50 bits per heavy atom. The van der Waals surface area contributed by atoms with E-state index >= 15 is 0 Å². The highest BCUT2D eigenvalue weighted by Gasteiger charge is 2.38. The third-order valence-corrected chi connectivity index (χ3v) is 5.51. The molecule has 1 heterocycles. The van der Waals surface area contributed by atoms with Gasteiger partial charge < -0.3 is 10.8 Å². The van der Waals surface area contributed by atoms with Gasteiger partial charge in [-0.05, 0) is 48.9 Å². The number of carbonyl (C=O) groups is 1. The van der Waals surface area contributed by atoms with Gasteiger partial charge in [0, 0.05) is 0 Å². The molecular weight excluding hydrogens is 313 g/mol. The molecule has 0 radical (unpaired) electrons. The Bertz CT molecular complexity index is 750. The van der Waals surface area contributed by atoms with Gasteiger partial charge in [0.25, 0.3) is 5.91 Å². The van der Waals surface area contributed by atoms with Crippen molar-refractivity contribution in [3.63, 3.8) is 0 Å². The molecule has 1 aromatic rings. The highest BCUT2D eigenvalue weighted by molar-refractivity contribution is 7.92. The van der Waals surface area contributed by atoms with Gasteiger partial charge in [-0.25, -0.2) is 13.4 Å². The Morgan fingerprint density at radius 2 is 2.23 bits per heavy atom. The minimum Gasteiger partial charge on any atom is -0.506 e. The van der Waals surface area contributed by atoms with Crippen LogP contribution in [0.15, 0.2) is 6.07 Å². The number of phenols is 1. The summed E-state index contributed by atoms with van der Waals surface area (Å²) in [6.45, 7) is -0.136. The van der Waals surface area contributed by atoms with Crippen LogP contribution in [0.3, 0.4) is 0 Å². The van der Waals surface area contributed by atoms with Gasteiger partial charge in [-0.1, -0.05) is 0 Å². The quantitative estimate of drug-likeness (QED) is 0.694. The molecule has 7 nitrogen and oxygen atoms in total. The summed E-state index contributed by atoms with van der Waals surface area (Å²) in [5, 5.41) is 10.0. The summed E-state index contributed by atoms with van der Waals surface area (Å²) in [6.07, 6.45) is 1.76. The van der Waals surface area contributed by atoms with Crippen molar-refractivity contribution in [3.05, 3.63) is 23.0 Å². The summed E-state index contributed by atoms with van der Waals surface area (Å²) in [5.41, 5.74) is 6.17. The summed E-state index contributed by atoms with van der Waals surface area (Å²) < 4.78 is 40.8. The largest absolute Gasteiger partial charge is 0.506 e. The molecule has 0 spiro atoms. The van der Waals surface area contributed by atoms with Gasteiger partial charge in [0.2, 0.25) is 0 Å². The van der Waals surface area contributed by atoms with E-state index in [0.29, 0.717) is 34.8 Å². The zero-order valence-electron chi connectivity index (χ0n) is 11.7. The molecule has 22 heavy (non-hydrogen) atoms. The second-order valence-electron chi connectivity index (χ2n) is 5.58. The molecule has 0 aromatic heterocycles. The van der Waals surface area contributed by atoms with Crippen LogP contribution in [0, 0.1) is 11.7 Å². The first-order chi connectivity index (χ1) is 10.3. The number of halogens is 1. The van der Waals surface area contributed by atoms with Crippen LogP contribution < -0.4 is 14.8 Å². The lowest BCUT2D eigenvalue weighted by atomic mass is 9.83. The standard InChI is InChI=1S/C13H16FN3O4S/c14-12-9-3-7(5-15)1-2-8(9)4-10(18)13(12)17-6-11(19)16-22(17,20)21/h4,7,18H,1-3,5-6,15H2,(H,16,19)/t7-/m0/s1. The number of anilines is 1. The number of rotatable bonds is 2. The third kappa shape index (κ3) is 2.30. The van der Waals surface area contributed by atoms with Gasteiger partial charge in [-0.3, -0.25) is 4.79 Å². The molecule has 9 heteroatoms. The highest BCUT2D eigenvalue weighted by Crippen LogP contribution is 2.40. The number of hydrogen-bond donors (Lipinski definition) is 3. The van der Waals surface area contributed by atoms with Crippen LogP contribution in [-0.4, -0.2) is 32.5 Å². The Balaban J connectivity index is 2.12. The number of amides is 1. The van der Waals surface area contributed by atoms with Crippen molar-refractivity contribution in [1.82, 2.24) is 4.72 Å². The Morgan fingerprint density at radius 3 is 2.82 bits per heavy atom. The fourth-order valence-corrected chi connectivity index (χ4v) is 4.16. The number of aryl methyl sites for hydroxylation is 1. The molecule has 1 atom stereocenters. The predicted molar refractivity (Wildman–Crippen MR) is 77.0 cm³/mol. The van der Waals surface area contributed by atoms with Crippen molar-refractivity contribution in [2.75, 3.05) is 17.4 Å². The predicted octanol–water partition coefficient (Wildman–Crippen LogP) is -0.224.